The van der Waals surface area contributed by atoms with E-state index in [9.17, 15) is 19.2 Å². The van der Waals surface area contributed by atoms with Gasteiger partial charge in [-0.25, -0.2) is 30.0 Å². The Morgan fingerprint density at radius 2 is 0.786 bits per heavy atom. The molecule has 294 valence electrons. The molecule has 4 aromatic rings. The molecular weight excluding hydrogens is 746 g/mol. The van der Waals surface area contributed by atoms with Crippen LogP contribution in [0.5, 0.6) is 0 Å². The minimum atomic E-state index is -2.89. The monoisotopic (exact) mass is 796 g/mol. The van der Waals surface area contributed by atoms with E-state index in [1.807, 2.05) is 121 Å². The first kappa shape index (κ1) is 43.0. The lowest BCUT2D eigenvalue weighted by Crippen LogP contribution is -2.37. The summed E-state index contributed by atoms with van der Waals surface area (Å²) >= 11 is 0. The second-order valence-electron chi connectivity index (χ2n) is 12.6. The molecule has 0 saturated heterocycles. The molecule has 0 aromatic heterocycles. The molecule has 0 atom stereocenters. The van der Waals surface area contributed by atoms with E-state index in [1.54, 1.807) is 27.7 Å². The zero-order valence-corrected chi connectivity index (χ0v) is 34.0. The molecule has 6 N–H and O–H groups in total. The van der Waals surface area contributed by atoms with E-state index in [4.69, 9.17) is 20.9 Å². The number of carbonyl (C=O) groups is 4. The summed E-state index contributed by atoms with van der Waals surface area (Å²) in [5.74, 6) is -1.08. The van der Waals surface area contributed by atoms with Gasteiger partial charge in [-0.3, -0.25) is 0 Å². The number of unbranched alkanes of at least 4 members (excludes halogenated alkanes) is 1. The van der Waals surface area contributed by atoms with Crippen LogP contribution in [0.25, 0.3) is 0 Å². The van der Waals surface area contributed by atoms with Crippen molar-refractivity contribution in [1.29, 1.82) is 0 Å². The number of nitrogens with two attached hydrogens (primary N) is 2. The predicted octanol–water partition coefficient (Wildman–Crippen LogP) is 4.66. The molecule has 0 radical (unpaired) electrons. The fourth-order valence-corrected chi connectivity index (χ4v) is 16.1. The maximum atomic E-state index is 14.2. The molecule has 0 saturated carbocycles. The Labute approximate surface area is 328 Å². The molecule has 0 heterocycles. The van der Waals surface area contributed by atoms with Gasteiger partial charge in [0.2, 0.25) is 0 Å². The first-order valence-electron chi connectivity index (χ1n) is 18.3. The number of esters is 2. The number of hydrogen-bond acceptors (Lipinski definition) is 8. The van der Waals surface area contributed by atoms with Gasteiger partial charge in [0.1, 0.15) is 0 Å². The maximum absolute atomic E-state index is 14.2. The molecule has 0 aliphatic heterocycles. The molecule has 0 aliphatic carbocycles. The number of rotatable bonds is 17. The number of carbonyl (C=O) groups excluding carboxylic acids is 4. The quantitative estimate of drug-likeness (QED) is 0.0396. The van der Waals surface area contributed by atoms with Crippen molar-refractivity contribution in [3.63, 3.8) is 0 Å². The topological polar surface area (TPSA) is 188 Å². The fourth-order valence-electron chi connectivity index (χ4n) is 6.92. The fraction of sp³-hybridized carbons (Fsp3) is 0.238. The number of hydrogen-bond donors (Lipinski definition) is 4. The van der Waals surface area contributed by atoms with Crippen LogP contribution in [0.2, 0.25) is 0 Å². The minimum Gasteiger partial charge on any atom is -0.462 e. The number of urea groups is 2. The summed E-state index contributed by atoms with van der Waals surface area (Å²) in [7, 11) is 0. The summed E-state index contributed by atoms with van der Waals surface area (Å²) in [5.41, 5.74) is 16.0. The first-order valence-corrected chi connectivity index (χ1v) is 22.3. The molecule has 4 rings (SSSR count). The van der Waals surface area contributed by atoms with Gasteiger partial charge >= 0.3 is 24.0 Å². The van der Waals surface area contributed by atoms with Gasteiger partial charge in [0.05, 0.1) is 35.2 Å². The summed E-state index contributed by atoms with van der Waals surface area (Å²) < 4.78 is 11.5. The first-order chi connectivity index (χ1) is 27.0. The number of amides is 4. The van der Waals surface area contributed by atoms with E-state index in [0.717, 1.165) is 21.2 Å². The summed E-state index contributed by atoms with van der Waals surface area (Å²) in [5, 5.41) is 13.0. The van der Waals surface area contributed by atoms with Crippen molar-refractivity contribution < 1.29 is 28.7 Å². The molecule has 4 aromatic carbocycles. The number of primary amides is 2. The van der Waals surface area contributed by atoms with Gasteiger partial charge in [0.15, 0.2) is 0 Å². The van der Waals surface area contributed by atoms with Crippen molar-refractivity contribution in [3.8, 4) is 0 Å². The van der Waals surface area contributed by atoms with Gasteiger partial charge in [0, 0.05) is 0 Å². The Bertz CT molecular complexity index is 1920. The van der Waals surface area contributed by atoms with Crippen molar-refractivity contribution in [2.24, 2.45) is 21.7 Å². The Kier molecular flexibility index (Phi) is 16.0. The molecule has 14 heteroatoms. The highest BCUT2D eigenvalue weighted by Crippen LogP contribution is 2.52. The van der Waals surface area contributed by atoms with Crippen LogP contribution in [-0.2, 0) is 19.1 Å². The number of nitrogens with one attached hydrogen (secondary N) is 2. The summed E-state index contributed by atoms with van der Waals surface area (Å²) in [6, 6.07) is 37.6. The van der Waals surface area contributed by atoms with Crippen molar-refractivity contribution in [3.05, 3.63) is 121 Å². The lowest BCUT2D eigenvalue weighted by Gasteiger charge is -2.33. The average molecular weight is 797 g/mol. The van der Waals surface area contributed by atoms with E-state index < -0.39 is 37.8 Å². The zero-order chi connectivity index (χ0) is 40.6. The Hall–Kier alpha value is -5.70. The van der Waals surface area contributed by atoms with E-state index in [0.29, 0.717) is 35.8 Å². The average Bonchev–Trinajstić information content (AvgIpc) is 3.21. The molecular formula is C42H50N6O6P2. The minimum absolute atomic E-state index is 0.127. The van der Waals surface area contributed by atoms with E-state index >= 15 is 0 Å². The van der Waals surface area contributed by atoms with Crippen LogP contribution in [0, 0.1) is 0 Å². The lowest BCUT2D eigenvalue weighted by atomic mass is 10.3. The van der Waals surface area contributed by atoms with Crippen LogP contribution in [0.1, 0.15) is 40.5 Å². The van der Waals surface area contributed by atoms with Crippen molar-refractivity contribution in [1.82, 2.24) is 10.9 Å². The standard InChI is InChI=1S/C42H50N6O6P2/c1-5-53-39(49)37(31(3)45-47-41(43)51)55(33-21-11-7-12-22-33,34-23-13-8-14-24-34)29-19-20-30-56(35-25-15-9-16-26-35,36-27-17-10-18-28-36)38(40(50)54-6-2)32(4)46-48-42(44)52/h7-18,21-28H,5-6,19-20,29-30H2,1-4H3,(H3,43,47,51)(H3,44,48,52)/b45-31+,46-32+. The molecule has 0 fully saturated rings. The largest absolute Gasteiger partial charge is 0.462 e. The van der Waals surface area contributed by atoms with Crippen LogP contribution >= 0.6 is 13.8 Å². The lowest BCUT2D eigenvalue weighted by molar-refractivity contribution is -0.135. The third-order valence-electron chi connectivity index (χ3n) is 9.08. The molecule has 0 unspecified atom stereocenters. The van der Waals surface area contributed by atoms with Gasteiger partial charge in [-0.15, -0.1) is 0 Å². The molecule has 4 amide bonds. The highest BCUT2D eigenvalue weighted by molar-refractivity contribution is 7.92. The number of nitrogens with zero attached hydrogens (tertiary/aromatic N) is 2. The Balaban J connectivity index is 2.06. The van der Waals surface area contributed by atoms with Gasteiger partial charge in [-0.1, -0.05) is 121 Å². The highest BCUT2D eigenvalue weighted by Gasteiger charge is 2.36. The smallest absolute Gasteiger partial charge is 0.340 e. The van der Waals surface area contributed by atoms with Gasteiger partial charge in [0.25, 0.3) is 0 Å². The van der Waals surface area contributed by atoms with E-state index in [2.05, 4.69) is 21.1 Å². The third-order valence-corrected chi connectivity index (χ3v) is 18.3. The van der Waals surface area contributed by atoms with Crippen LogP contribution in [0.15, 0.2) is 132 Å². The Morgan fingerprint density at radius 1 is 0.518 bits per heavy atom. The number of benzene rings is 4. The number of hydrazone groups is 2. The molecule has 0 bridgehead atoms. The van der Waals surface area contributed by atoms with Crippen LogP contribution in [0.4, 0.5) is 9.59 Å². The zero-order valence-electron chi connectivity index (χ0n) is 32.2. The van der Waals surface area contributed by atoms with Crippen LogP contribution in [0.3, 0.4) is 0 Å². The van der Waals surface area contributed by atoms with Crippen molar-refractivity contribution >= 4 is 81.0 Å². The van der Waals surface area contributed by atoms with Crippen molar-refractivity contribution in [2.45, 2.75) is 40.5 Å². The van der Waals surface area contributed by atoms with Gasteiger partial charge in [-0.05, 0) is 87.9 Å². The summed E-state index contributed by atoms with van der Waals surface area (Å²) in [6.07, 6.45) is 2.19. The van der Waals surface area contributed by atoms with Gasteiger partial charge < -0.3 is 20.9 Å². The molecule has 12 nitrogen and oxygen atoms in total. The molecule has 0 spiro atoms. The number of ether oxygens (including phenoxy) is 2. The van der Waals surface area contributed by atoms with Crippen LogP contribution in [-0.4, -0.2) is 71.5 Å². The predicted molar refractivity (Wildman–Crippen MR) is 232 cm³/mol. The second kappa shape index (κ2) is 20.8. The SMILES string of the molecule is CCOC(=O)C(/C(C)=N/NC(N)=O)=P(CCCCP(=C(C(=O)OCC)/C(C)=N/NC(N)=O)(c1ccccc1)c1ccccc1)(c1ccccc1)c1ccccc1. The Morgan fingerprint density at radius 3 is 1.02 bits per heavy atom. The summed E-state index contributed by atoms with van der Waals surface area (Å²) in [4.78, 5) is 52.1. The molecule has 0 aliphatic rings. The highest BCUT2D eigenvalue weighted by atomic mass is 31.2. The van der Waals surface area contributed by atoms with E-state index in [-0.39, 0.29) is 24.6 Å². The van der Waals surface area contributed by atoms with E-state index in [1.165, 1.54) is 0 Å². The second-order valence-corrected chi connectivity index (χ2v) is 19.7. The van der Waals surface area contributed by atoms with Gasteiger partial charge in [-0.2, -0.15) is 10.2 Å². The molecule has 56 heavy (non-hydrogen) atoms. The normalized spacial score (nSPS) is 11.9. The summed E-state index contributed by atoms with van der Waals surface area (Å²) in [6.45, 7) is 1.32. The third kappa shape index (κ3) is 10.1. The van der Waals surface area contributed by atoms with Crippen molar-refractivity contribution in [2.75, 3.05) is 25.5 Å². The maximum Gasteiger partial charge on any atom is 0.340 e. The van der Waals surface area contributed by atoms with Crippen LogP contribution < -0.4 is 43.5 Å².